The van der Waals surface area contributed by atoms with Crippen LogP contribution in [-0.2, 0) is 14.4 Å². The molecule has 4 atom stereocenters. The normalized spacial score (nSPS) is 22.2. The molecule has 1 aliphatic carbocycles. The maximum Gasteiger partial charge on any atom is 0.235 e. The Morgan fingerprint density at radius 2 is 1.40 bits per heavy atom. The first-order chi connectivity index (χ1) is 19.2. The summed E-state index contributed by atoms with van der Waals surface area (Å²) in [5.41, 5.74) is -0.408. The molecule has 3 aromatic carbocycles. The number of rotatable bonds is 9. The van der Waals surface area contributed by atoms with E-state index >= 15 is 0 Å². The Balaban J connectivity index is 1.78. The number of carbonyl (C=O) groups excluding carboxylic acids is 3. The number of Topliss-reactive ketones (excluding diaryl/α,β-unsaturated/α-hetero) is 1. The Bertz CT molecular complexity index is 1370. The maximum absolute atomic E-state index is 13.9. The zero-order valence-electron chi connectivity index (χ0n) is 23.0. The Labute approximate surface area is 233 Å². The van der Waals surface area contributed by atoms with Gasteiger partial charge in [0.25, 0.3) is 0 Å². The van der Waals surface area contributed by atoms with Crippen LogP contribution < -0.4 is 24.8 Å². The van der Waals surface area contributed by atoms with Gasteiger partial charge in [0.2, 0.25) is 11.8 Å². The molecule has 3 N–H and O–H groups in total. The molecule has 9 heteroatoms. The van der Waals surface area contributed by atoms with Gasteiger partial charge in [-0.15, -0.1) is 0 Å². The highest BCUT2D eigenvalue weighted by molar-refractivity contribution is 6.11. The van der Waals surface area contributed by atoms with E-state index in [1.165, 1.54) is 21.1 Å². The molecule has 0 aliphatic heterocycles. The number of ether oxygens (including phenoxy) is 3. The predicted octanol–water partition coefficient (Wildman–Crippen LogP) is 4.42. The third-order valence-electron chi connectivity index (χ3n) is 7.14. The van der Waals surface area contributed by atoms with Crippen molar-refractivity contribution < 1.29 is 33.7 Å². The van der Waals surface area contributed by atoms with E-state index in [-0.39, 0.29) is 6.42 Å². The molecule has 0 aromatic heterocycles. The van der Waals surface area contributed by atoms with Gasteiger partial charge >= 0.3 is 0 Å². The van der Waals surface area contributed by atoms with Crippen molar-refractivity contribution in [1.29, 1.82) is 0 Å². The number of anilines is 2. The van der Waals surface area contributed by atoms with Gasteiger partial charge in [0.05, 0.1) is 43.7 Å². The lowest BCUT2D eigenvalue weighted by Crippen LogP contribution is -2.56. The summed E-state index contributed by atoms with van der Waals surface area (Å²) in [6, 6.07) is 20.6. The van der Waals surface area contributed by atoms with Gasteiger partial charge in [0, 0.05) is 12.3 Å². The molecular weight excluding hydrogens is 512 g/mol. The van der Waals surface area contributed by atoms with Gasteiger partial charge in [-0.2, -0.15) is 0 Å². The molecular formula is C31H34N2O7. The van der Waals surface area contributed by atoms with Crippen LogP contribution in [0.2, 0.25) is 0 Å². The highest BCUT2D eigenvalue weighted by atomic mass is 16.5. The molecule has 0 radical (unpaired) electrons. The van der Waals surface area contributed by atoms with E-state index in [1.807, 2.05) is 6.92 Å². The summed E-state index contributed by atoms with van der Waals surface area (Å²) in [5, 5.41) is 17.2. The molecule has 3 aromatic rings. The molecule has 210 valence electrons. The fourth-order valence-corrected chi connectivity index (χ4v) is 5.36. The Kier molecular flexibility index (Phi) is 8.74. The third-order valence-corrected chi connectivity index (χ3v) is 7.14. The first-order valence-corrected chi connectivity index (χ1v) is 13.1. The number of benzene rings is 3. The molecule has 2 amide bonds. The molecule has 40 heavy (non-hydrogen) atoms. The maximum atomic E-state index is 13.9. The Morgan fingerprint density at radius 1 is 0.875 bits per heavy atom. The molecule has 0 heterocycles. The van der Waals surface area contributed by atoms with E-state index in [1.54, 1.807) is 72.8 Å². The summed E-state index contributed by atoms with van der Waals surface area (Å²) < 4.78 is 16.3. The SMILES string of the molecule is CCOc1ccc(C2C(C(=O)Nc3ccccc3OC)C(=O)CC(C)(O)C2C(=O)Nc2ccccc2OC)cc1. The summed E-state index contributed by atoms with van der Waals surface area (Å²) in [5.74, 6) is -3.58. The van der Waals surface area contributed by atoms with E-state index in [4.69, 9.17) is 14.2 Å². The van der Waals surface area contributed by atoms with Crippen molar-refractivity contribution in [1.82, 2.24) is 0 Å². The van der Waals surface area contributed by atoms with Crippen molar-refractivity contribution in [3.05, 3.63) is 78.4 Å². The number of methoxy groups -OCH3 is 2. The molecule has 0 spiro atoms. The standard InChI is InChI=1S/C31H34N2O7/c1-5-40-20-16-14-19(15-17-20)26-27(29(35)32-21-10-6-8-12-24(21)38-3)23(34)18-31(2,37)28(26)30(36)33-22-11-7-9-13-25(22)39-4/h6-17,26-28,37H,5,18H2,1-4H3,(H,32,35)(H,33,36). The van der Waals surface area contributed by atoms with Crippen LogP contribution in [-0.4, -0.2) is 49.1 Å². The summed E-state index contributed by atoms with van der Waals surface area (Å²) in [6.07, 6.45) is -0.380. The number of hydrogen-bond donors (Lipinski definition) is 3. The molecule has 1 fully saturated rings. The summed E-state index contributed by atoms with van der Waals surface area (Å²) in [7, 11) is 2.97. The minimum Gasteiger partial charge on any atom is -0.495 e. The second kappa shape index (κ2) is 12.2. The van der Waals surface area contributed by atoms with Gasteiger partial charge < -0.3 is 30.0 Å². The minimum atomic E-state index is -1.74. The Hall–Kier alpha value is -4.37. The molecule has 1 aliphatic rings. The summed E-state index contributed by atoms with van der Waals surface area (Å²) >= 11 is 0. The zero-order valence-corrected chi connectivity index (χ0v) is 23.0. The first kappa shape index (κ1) is 28.6. The number of carbonyl (C=O) groups is 3. The molecule has 1 saturated carbocycles. The molecule has 4 rings (SSSR count). The van der Waals surface area contributed by atoms with Gasteiger partial charge in [0.1, 0.15) is 28.9 Å². The van der Waals surface area contributed by atoms with Crippen molar-refractivity contribution in [3.8, 4) is 17.2 Å². The lowest BCUT2D eigenvalue weighted by molar-refractivity contribution is -0.150. The second-order valence-electron chi connectivity index (χ2n) is 9.86. The lowest BCUT2D eigenvalue weighted by atomic mass is 9.61. The fourth-order valence-electron chi connectivity index (χ4n) is 5.36. The van der Waals surface area contributed by atoms with Crippen molar-refractivity contribution >= 4 is 29.0 Å². The fraction of sp³-hybridized carbons (Fsp3) is 0.323. The van der Waals surface area contributed by atoms with Crippen LogP contribution in [0.4, 0.5) is 11.4 Å². The molecule has 4 unspecified atom stereocenters. The third kappa shape index (κ3) is 5.94. The van der Waals surface area contributed by atoms with E-state index in [0.29, 0.717) is 40.8 Å². The quantitative estimate of drug-likeness (QED) is 0.340. The number of amides is 2. The van der Waals surface area contributed by atoms with Crippen LogP contribution in [0.1, 0.15) is 31.7 Å². The van der Waals surface area contributed by atoms with Gasteiger partial charge in [0.15, 0.2) is 0 Å². The highest BCUT2D eigenvalue weighted by Crippen LogP contribution is 2.47. The number of hydrogen-bond acceptors (Lipinski definition) is 7. The van der Waals surface area contributed by atoms with E-state index < -0.39 is 41.0 Å². The van der Waals surface area contributed by atoms with Crippen molar-refractivity contribution in [2.45, 2.75) is 31.8 Å². The number of ketones is 1. The molecule has 0 bridgehead atoms. The van der Waals surface area contributed by atoms with E-state index in [2.05, 4.69) is 10.6 Å². The van der Waals surface area contributed by atoms with Crippen LogP contribution in [0.15, 0.2) is 72.8 Å². The molecule has 9 nitrogen and oxygen atoms in total. The summed E-state index contributed by atoms with van der Waals surface area (Å²) in [6.45, 7) is 3.78. The monoisotopic (exact) mass is 546 g/mol. The second-order valence-corrected chi connectivity index (χ2v) is 9.86. The topological polar surface area (TPSA) is 123 Å². The smallest absolute Gasteiger partial charge is 0.235 e. The van der Waals surface area contributed by atoms with Crippen LogP contribution in [0.5, 0.6) is 17.2 Å². The first-order valence-electron chi connectivity index (χ1n) is 13.1. The van der Waals surface area contributed by atoms with Crippen LogP contribution in [0.25, 0.3) is 0 Å². The minimum absolute atomic E-state index is 0.380. The average molecular weight is 547 g/mol. The number of aliphatic hydroxyl groups is 1. The summed E-state index contributed by atoms with van der Waals surface area (Å²) in [4.78, 5) is 41.3. The lowest BCUT2D eigenvalue weighted by Gasteiger charge is -2.44. The number of nitrogens with one attached hydrogen (secondary N) is 2. The van der Waals surface area contributed by atoms with Crippen LogP contribution in [0, 0.1) is 11.8 Å². The van der Waals surface area contributed by atoms with Gasteiger partial charge in [-0.05, 0) is 55.8 Å². The Morgan fingerprint density at radius 3 is 1.93 bits per heavy atom. The molecule has 0 saturated heterocycles. The predicted molar refractivity (Wildman–Crippen MR) is 151 cm³/mol. The van der Waals surface area contributed by atoms with Crippen LogP contribution >= 0.6 is 0 Å². The van der Waals surface area contributed by atoms with Gasteiger partial charge in [-0.1, -0.05) is 36.4 Å². The van der Waals surface area contributed by atoms with E-state index in [9.17, 15) is 19.5 Å². The number of para-hydroxylation sites is 4. The zero-order chi connectivity index (χ0) is 28.9. The van der Waals surface area contributed by atoms with Crippen molar-refractivity contribution in [3.63, 3.8) is 0 Å². The van der Waals surface area contributed by atoms with Gasteiger partial charge in [-0.3, -0.25) is 14.4 Å². The van der Waals surface area contributed by atoms with E-state index in [0.717, 1.165) is 0 Å². The van der Waals surface area contributed by atoms with Gasteiger partial charge in [-0.25, -0.2) is 0 Å². The van der Waals surface area contributed by atoms with Crippen LogP contribution in [0.3, 0.4) is 0 Å². The van der Waals surface area contributed by atoms with Crippen molar-refractivity contribution in [2.75, 3.05) is 31.5 Å². The average Bonchev–Trinajstić information content (AvgIpc) is 2.93. The highest BCUT2D eigenvalue weighted by Gasteiger charge is 2.56. The van der Waals surface area contributed by atoms with Crippen molar-refractivity contribution in [2.24, 2.45) is 11.8 Å². The largest absolute Gasteiger partial charge is 0.495 e.